The van der Waals surface area contributed by atoms with Crippen LogP contribution in [0.1, 0.15) is 22.3 Å². The second-order valence-corrected chi connectivity index (χ2v) is 6.25. The molecule has 0 saturated heterocycles. The van der Waals surface area contributed by atoms with E-state index in [0.717, 1.165) is 42.2 Å². The third kappa shape index (κ3) is 3.39. The first-order valence-electron chi connectivity index (χ1n) is 7.37. The molecule has 0 spiro atoms. The molecule has 21 heavy (non-hydrogen) atoms. The Morgan fingerprint density at radius 3 is 2.90 bits per heavy atom. The molecule has 1 heterocycles. The summed E-state index contributed by atoms with van der Waals surface area (Å²) in [4.78, 5) is 0. The molecule has 110 valence electrons. The van der Waals surface area contributed by atoms with Crippen molar-refractivity contribution in [2.75, 3.05) is 6.61 Å². The fourth-order valence-corrected chi connectivity index (χ4v) is 3.26. The second-order valence-electron chi connectivity index (χ2n) is 5.81. The standard InChI is InChI=1S/C18H20ClNO/c1-12-3-2-4-13(7-12)8-17(20)11-15-10-16(19)9-14-5-6-21-18(14)15/h2-4,7,9-10,17H,5-6,8,11,20H2,1H3. The van der Waals surface area contributed by atoms with E-state index in [1.807, 2.05) is 12.1 Å². The van der Waals surface area contributed by atoms with Crippen LogP contribution in [0.15, 0.2) is 36.4 Å². The van der Waals surface area contributed by atoms with Crippen molar-refractivity contribution < 1.29 is 4.74 Å². The molecule has 0 aromatic heterocycles. The molecule has 2 aromatic carbocycles. The topological polar surface area (TPSA) is 35.2 Å². The van der Waals surface area contributed by atoms with Gasteiger partial charge in [-0.25, -0.2) is 0 Å². The SMILES string of the molecule is Cc1cccc(CC(N)Cc2cc(Cl)cc3c2OCC3)c1. The van der Waals surface area contributed by atoms with Crippen LogP contribution in [0.25, 0.3) is 0 Å². The highest BCUT2D eigenvalue weighted by atomic mass is 35.5. The van der Waals surface area contributed by atoms with E-state index in [-0.39, 0.29) is 6.04 Å². The van der Waals surface area contributed by atoms with Gasteiger partial charge in [-0.3, -0.25) is 0 Å². The molecule has 2 N–H and O–H groups in total. The molecule has 0 fully saturated rings. The maximum atomic E-state index is 6.33. The lowest BCUT2D eigenvalue weighted by atomic mass is 9.97. The second kappa shape index (κ2) is 6.08. The molecule has 1 aliphatic rings. The van der Waals surface area contributed by atoms with Crippen LogP contribution in [-0.4, -0.2) is 12.6 Å². The Morgan fingerprint density at radius 2 is 2.10 bits per heavy atom. The summed E-state index contributed by atoms with van der Waals surface area (Å²) in [7, 11) is 0. The van der Waals surface area contributed by atoms with E-state index < -0.39 is 0 Å². The molecule has 1 aliphatic heterocycles. The fraction of sp³-hybridized carbons (Fsp3) is 0.333. The third-order valence-electron chi connectivity index (χ3n) is 3.89. The molecule has 0 bridgehead atoms. The minimum atomic E-state index is 0.0681. The zero-order valence-electron chi connectivity index (χ0n) is 12.2. The largest absolute Gasteiger partial charge is 0.493 e. The number of aryl methyl sites for hydroxylation is 1. The first-order valence-corrected chi connectivity index (χ1v) is 7.75. The summed E-state index contributed by atoms with van der Waals surface area (Å²) in [6.45, 7) is 2.85. The van der Waals surface area contributed by atoms with Gasteiger partial charge >= 0.3 is 0 Å². The van der Waals surface area contributed by atoms with Gasteiger partial charge in [0.05, 0.1) is 6.61 Å². The van der Waals surface area contributed by atoms with Crippen LogP contribution in [0.5, 0.6) is 5.75 Å². The van der Waals surface area contributed by atoms with E-state index >= 15 is 0 Å². The van der Waals surface area contributed by atoms with Crippen molar-refractivity contribution in [3.63, 3.8) is 0 Å². The van der Waals surface area contributed by atoms with Gasteiger partial charge in [0.25, 0.3) is 0 Å². The lowest BCUT2D eigenvalue weighted by Gasteiger charge is -2.15. The summed E-state index contributed by atoms with van der Waals surface area (Å²) in [5.74, 6) is 0.999. The van der Waals surface area contributed by atoms with Crippen molar-refractivity contribution in [2.45, 2.75) is 32.2 Å². The van der Waals surface area contributed by atoms with Gasteiger partial charge in [-0.1, -0.05) is 41.4 Å². The Kier molecular flexibility index (Phi) is 4.18. The first-order chi connectivity index (χ1) is 10.1. The van der Waals surface area contributed by atoms with Crippen molar-refractivity contribution in [1.82, 2.24) is 0 Å². The predicted molar refractivity (Wildman–Crippen MR) is 87.2 cm³/mol. The average molecular weight is 302 g/mol. The monoisotopic (exact) mass is 301 g/mol. The van der Waals surface area contributed by atoms with Crippen molar-refractivity contribution in [2.24, 2.45) is 5.73 Å². The Hall–Kier alpha value is -1.51. The molecule has 1 unspecified atom stereocenters. The van der Waals surface area contributed by atoms with Gasteiger partial charge in [0.1, 0.15) is 5.75 Å². The Labute approximate surface area is 130 Å². The molecule has 2 aromatic rings. The lowest BCUT2D eigenvalue weighted by Crippen LogP contribution is -2.25. The number of fused-ring (bicyclic) bond motifs is 1. The molecular formula is C18H20ClNO. The summed E-state index contributed by atoms with van der Waals surface area (Å²) < 4.78 is 5.74. The molecule has 0 amide bonds. The summed E-state index contributed by atoms with van der Waals surface area (Å²) in [5.41, 5.74) is 11.2. The quantitative estimate of drug-likeness (QED) is 0.934. The first kappa shape index (κ1) is 14.4. The van der Waals surface area contributed by atoms with Crippen LogP contribution in [0.3, 0.4) is 0 Å². The summed E-state index contributed by atoms with van der Waals surface area (Å²) in [6, 6.07) is 12.6. The maximum Gasteiger partial charge on any atom is 0.125 e. The van der Waals surface area contributed by atoms with Gasteiger partial charge in [0, 0.05) is 17.5 Å². The zero-order chi connectivity index (χ0) is 14.8. The number of benzene rings is 2. The van der Waals surface area contributed by atoms with Gasteiger partial charge in [-0.2, -0.15) is 0 Å². The van der Waals surface area contributed by atoms with Gasteiger partial charge in [0.15, 0.2) is 0 Å². The maximum absolute atomic E-state index is 6.33. The molecular weight excluding hydrogens is 282 g/mol. The van der Waals surface area contributed by atoms with Crippen LogP contribution < -0.4 is 10.5 Å². The number of rotatable bonds is 4. The minimum absolute atomic E-state index is 0.0681. The van der Waals surface area contributed by atoms with Crippen LogP contribution in [0.2, 0.25) is 5.02 Å². The van der Waals surface area contributed by atoms with Crippen molar-refractivity contribution in [1.29, 1.82) is 0 Å². The van der Waals surface area contributed by atoms with Gasteiger partial charge in [0.2, 0.25) is 0 Å². The zero-order valence-corrected chi connectivity index (χ0v) is 13.0. The smallest absolute Gasteiger partial charge is 0.125 e. The molecule has 0 saturated carbocycles. The highest BCUT2D eigenvalue weighted by molar-refractivity contribution is 6.30. The average Bonchev–Trinajstić information content (AvgIpc) is 2.86. The highest BCUT2D eigenvalue weighted by Gasteiger charge is 2.19. The lowest BCUT2D eigenvalue weighted by molar-refractivity contribution is 0.352. The van der Waals surface area contributed by atoms with E-state index in [9.17, 15) is 0 Å². The molecule has 0 radical (unpaired) electrons. The van der Waals surface area contributed by atoms with Crippen molar-refractivity contribution >= 4 is 11.6 Å². The summed E-state index contributed by atoms with van der Waals surface area (Å²) in [5, 5.41) is 0.775. The summed E-state index contributed by atoms with van der Waals surface area (Å²) >= 11 is 6.20. The van der Waals surface area contributed by atoms with E-state index in [2.05, 4.69) is 31.2 Å². The minimum Gasteiger partial charge on any atom is -0.493 e. The van der Waals surface area contributed by atoms with Crippen LogP contribution in [0.4, 0.5) is 0 Å². The third-order valence-corrected chi connectivity index (χ3v) is 4.11. The number of halogens is 1. The van der Waals surface area contributed by atoms with Crippen molar-refractivity contribution in [3.8, 4) is 5.75 Å². The number of hydrogen-bond acceptors (Lipinski definition) is 2. The van der Waals surface area contributed by atoms with Gasteiger partial charge < -0.3 is 10.5 Å². The van der Waals surface area contributed by atoms with E-state index in [4.69, 9.17) is 22.1 Å². The van der Waals surface area contributed by atoms with E-state index in [1.165, 1.54) is 16.7 Å². The number of ether oxygens (including phenoxy) is 1. The highest BCUT2D eigenvalue weighted by Crippen LogP contribution is 2.33. The van der Waals surface area contributed by atoms with Crippen LogP contribution >= 0.6 is 11.6 Å². The van der Waals surface area contributed by atoms with Crippen LogP contribution in [0, 0.1) is 6.92 Å². The molecule has 3 heteroatoms. The normalized spacial score (nSPS) is 14.6. The molecule has 2 nitrogen and oxygen atoms in total. The molecule has 1 atom stereocenters. The number of nitrogens with two attached hydrogens (primary N) is 1. The Bertz CT molecular complexity index is 654. The fourth-order valence-electron chi connectivity index (χ4n) is 2.99. The van der Waals surface area contributed by atoms with Gasteiger partial charge in [-0.05, 0) is 48.6 Å². The predicted octanol–water partition coefficient (Wildman–Crippen LogP) is 3.70. The van der Waals surface area contributed by atoms with E-state index in [0.29, 0.717) is 0 Å². The van der Waals surface area contributed by atoms with Gasteiger partial charge in [-0.15, -0.1) is 0 Å². The summed E-state index contributed by atoms with van der Waals surface area (Å²) in [6.07, 6.45) is 2.59. The van der Waals surface area contributed by atoms with Crippen LogP contribution in [-0.2, 0) is 19.3 Å². The number of hydrogen-bond donors (Lipinski definition) is 1. The molecule has 3 rings (SSSR count). The Balaban J connectivity index is 1.75. The van der Waals surface area contributed by atoms with E-state index in [1.54, 1.807) is 0 Å². The van der Waals surface area contributed by atoms with Crippen molar-refractivity contribution in [3.05, 3.63) is 63.7 Å². The Morgan fingerprint density at radius 1 is 1.24 bits per heavy atom. The molecule has 0 aliphatic carbocycles.